The standard InChI is InChI=1S/C12H18/c1-9(2)11-5-4-10(3)12(8-11)6-7-12/h4,11H,1,5-8H2,2-3H3/t11-/m0/s1. The van der Waals surface area contributed by atoms with Gasteiger partial charge in [0.05, 0.1) is 0 Å². The molecule has 0 aromatic carbocycles. The van der Waals surface area contributed by atoms with Crippen LogP contribution in [0.3, 0.4) is 0 Å². The smallest absolute Gasteiger partial charge is 0.00844 e. The lowest BCUT2D eigenvalue weighted by atomic mass is 9.77. The molecular formula is C12H18. The van der Waals surface area contributed by atoms with E-state index in [0.717, 1.165) is 5.92 Å². The highest BCUT2D eigenvalue weighted by Gasteiger charge is 2.46. The summed E-state index contributed by atoms with van der Waals surface area (Å²) >= 11 is 0. The van der Waals surface area contributed by atoms with E-state index in [-0.39, 0.29) is 0 Å². The van der Waals surface area contributed by atoms with E-state index in [1.807, 2.05) is 0 Å². The van der Waals surface area contributed by atoms with Crippen LogP contribution >= 0.6 is 0 Å². The molecule has 1 spiro atoms. The summed E-state index contributed by atoms with van der Waals surface area (Å²) in [5.74, 6) is 0.774. The van der Waals surface area contributed by atoms with E-state index in [0.29, 0.717) is 5.41 Å². The van der Waals surface area contributed by atoms with Crippen molar-refractivity contribution in [3.05, 3.63) is 23.8 Å². The van der Waals surface area contributed by atoms with Crippen LogP contribution in [0.1, 0.15) is 39.5 Å². The summed E-state index contributed by atoms with van der Waals surface area (Å²) in [7, 11) is 0. The van der Waals surface area contributed by atoms with Gasteiger partial charge in [-0.1, -0.05) is 23.8 Å². The van der Waals surface area contributed by atoms with Gasteiger partial charge in [-0.05, 0) is 50.9 Å². The van der Waals surface area contributed by atoms with Crippen molar-refractivity contribution in [2.24, 2.45) is 11.3 Å². The molecule has 2 aliphatic rings. The normalized spacial score (nSPS) is 31.5. The van der Waals surface area contributed by atoms with Gasteiger partial charge in [0.25, 0.3) is 0 Å². The van der Waals surface area contributed by atoms with Crippen LogP contribution in [0, 0.1) is 11.3 Å². The maximum Gasteiger partial charge on any atom is -0.00844 e. The van der Waals surface area contributed by atoms with Gasteiger partial charge in [-0.15, -0.1) is 0 Å². The highest BCUT2D eigenvalue weighted by Crippen LogP contribution is 2.59. The van der Waals surface area contributed by atoms with E-state index in [1.54, 1.807) is 5.57 Å². The van der Waals surface area contributed by atoms with Crippen molar-refractivity contribution in [3.63, 3.8) is 0 Å². The van der Waals surface area contributed by atoms with E-state index >= 15 is 0 Å². The summed E-state index contributed by atoms with van der Waals surface area (Å²) in [5.41, 5.74) is 3.67. The molecule has 0 unspecified atom stereocenters. The number of rotatable bonds is 1. The Bertz CT molecular complexity index is 241. The quantitative estimate of drug-likeness (QED) is 0.516. The van der Waals surface area contributed by atoms with Crippen LogP contribution in [0.4, 0.5) is 0 Å². The summed E-state index contributed by atoms with van der Waals surface area (Å²) in [6.45, 7) is 8.55. The number of allylic oxidation sites excluding steroid dienone is 3. The Labute approximate surface area is 75.4 Å². The van der Waals surface area contributed by atoms with Crippen LogP contribution in [0.25, 0.3) is 0 Å². The second kappa shape index (κ2) is 2.48. The van der Waals surface area contributed by atoms with Crippen LogP contribution in [-0.4, -0.2) is 0 Å². The highest BCUT2D eigenvalue weighted by atomic mass is 14.5. The first-order valence-electron chi connectivity index (χ1n) is 4.97. The minimum atomic E-state index is 0.641. The first-order chi connectivity index (χ1) is 5.64. The van der Waals surface area contributed by atoms with Gasteiger partial charge in [0.1, 0.15) is 0 Å². The fraction of sp³-hybridized carbons (Fsp3) is 0.667. The summed E-state index contributed by atoms with van der Waals surface area (Å²) in [6, 6.07) is 0. The van der Waals surface area contributed by atoms with Crippen molar-refractivity contribution in [1.82, 2.24) is 0 Å². The molecule has 0 amide bonds. The van der Waals surface area contributed by atoms with Crippen LogP contribution in [0.2, 0.25) is 0 Å². The lowest BCUT2D eigenvalue weighted by Gasteiger charge is -2.28. The fourth-order valence-corrected chi connectivity index (χ4v) is 2.38. The van der Waals surface area contributed by atoms with Gasteiger partial charge in [-0.25, -0.2) is 0 Å². The zero-order chi connectivity index (χ0) is 8.77. The Morgan fingerprint density at radius 2 is 2.25 bits per heavy atom. The molecule has 1 atom stereocenters. The third-order valence-corrected chi connectivity index (χ3v) is 3.73. The van der Waals surface area contributed by atoms with Gasteiger partial charge in [0.15, 0.2) is 0 Å². The number of hydrogen-bond acceptors (Lipinski definition) is 0. The van der Waals surface area contributed by atoms with E-state index < -0.39 is 0 Å². The Hall–Kier alpha value is -0.520. The molecule has 0 aromatic heterocycles. The van der Waals surface area contributed by atoms with E-state index in [1.165, 1.54) is 31.3 Å². The minimum Gasteiger partial charge on any atom is -0.0998 e. The molecule has 0 nitrogen and oxygen atoms in total. The maximum absolute atomic E-state index is 4.07. The van der Waals surface area contributed by atoms with Gasteiger partial charge < -0.3 is 0 Å². The van der Waals surface area contributed by atoms with Gasteiger partial charge in [0, 0.05) is 0 Å². The second-order valence-electron chi connectivity index (χ2n) is 4.65. The predicted octanol–water partition coefficient (Wildman–Crippen LogP) is 3.70. The molecule has 1 saturated carbocycles. The zero-order valence-corrected chi connectivity index (χ0v) is 8.19. The Morgan fingerprint density at radius 3 is 2.75 bits per heavy atom. The van der Waals surface area contributed by atoms with Gasteiger partial charge in [-0.3, -0.25) is 0 Å². The third kappa shape index (κ3) is 1.14. The van der Waals surface area contributed by atoms with Crippen molar-refractivity contribution in [2.75, 3.05) is 0 Å². The summed E-state index contributed by atoms with van der Waals surface area (Å²) < 4.78 is 0. The predicted molar refractivity (Wildman–Crippen MR) is 53.0 cm³/mol. The number of hydrogen-bond donors (Lipinski definition) is 0. The monoisotopic (exact) mass is 162 g/mol. The molecule has 0 aromatic rings. The SMILES string of the molecule is C=C(C)[C@H]1CC=C(C)C2(CC2)C1. The van der Waals surface area contributed by atoms with Crippen LogP contribution in [0.5, 0.6) is 0 Å². The van der Waals surface area contributed by atoms with Crippen molar-refractivity contribution >= 4 is 0 Å². The van der Waals surface area contributed by atoms with Gasteiger partial charge in [0.2, 0.25) is 0 Å². The van der Waals surface area contributed by atoms with E-state index in [4.69, 9.17) is 0 Å². The molecule has 12 heavy (non-hydrogen) atoms. The molecular weight excluding hydrogens is 144 g/mol. The fourth-order valence-electron chi connectivity index (χ4n) is 2.38. The molecule has 0 heterocycles. The Morgan fingerprint density at radius 1 is 1.58 bits per heavy atom. The molecule has 0 N–H and O–H groups in total. The van der Waals surface area contributed by atoms with Crippen LogP contribution < -0.4 is 0 Å². The van der Waals surface area contributed by atoms with E-state index in [2.05, 4.69) is 26.5 Å². The van der Waals surface area contributed by atoms with Gasteiger partial charge in [-0.2, -0.15) is 0 Å². The van der Waals surface area contributed by atoms with Crippen molar-refractivity contribution < 1.29 is 0 Å². The Balaban J connectivity index is 2.15. The average molecular weight is 162 g/mol. The molecule has 1 fully saturated rings. The van der Waals surface area contributed by atoms with Crippen molar-refractivity contribution in [3.8, 4) is 0 Å². The van der Waals surface area contributed by atoms with Crippen molar-refractivity contribution in [1.29, 1.82) is 0 Å². The summed E-state index contributed by atoms with van der Waals surface area (Å²) in [4.78, 5) is 0. The second-order valence-corrected chi connectivity index (χ2v) is 4.65. The molecule has 0 aliphatic heterocycles. The molecule has 66 valence electrons. The summed E-state index contributed by atoms with van der Waals surface area (Å²) in [6.07, 6.45) is 7.92. The van der Waals surface area contributed by atoms with E-state index in [9.17, 15) is 0 Å². The van der Waals surface area contributed by atoms with Crippen molar-refractivity contribution in [2.45, 2.75) is 39.5 Å². The summed E-state index contributed by atoms with van der Waals surface area (Å²) in [5, 5.41) is 0. The molecule has 0 heteroatoms. The van der Waals surface area contributed by atoms with Gasteiger partial charge >= 0.3 is 0 Å². The third-order valence-electron chi connectivity index (χ3n) is 3.73. The average Bonchev–Trinajstić information content (AvgIpc) is 2.76. The molecule has 0 saturated heterocycles. The Kier molecular flexibility index (Phi) is 1.67. The topological polar surface area (TPSA) is 0 Å². The maximum atomic E-state index is 4.07. The minimum absolute atomic E-state index is 0.641. The van der Waals surface area contributed by atoms with Crippen LogP contribution in [0.15, 0.2) is 23.8 Å². The zero-order valence-electron chi connectivity index (χ0n) is 8.19. The molecule has 0 bridgehead atoms. The largest absolute Gasteiger partial charge is 0.0998 e. The molecule has 2 aliphatic carbocycles. The first kappa shape index (κ1) is 8.10. The lowest BCUT2D eigenvalue weighted by molar-refractivity contribution is 0.409. The first-order valence-corrected chi connectivity index (χ1v) is 4.97. The molecule has 2 rings (SSSR count). The lowest BCUT2D eigenvalue weighted by Crippen LogP contribution is -2.16. The highest BCUT2D eigenvalue weighted by molar-refractivity contribution is 5.25. The van der Waals surface area contributed by atoms with Crippen LogP contribution in [-0.2, 0) is 0 Å². The molecule has 0 radical (unpaired) electrons.